The molecule has 0 aromatic heterocycles. The molecular weight excluding hydrogens is 330 g/mol. The molecule has 0 saturated carbocycles. The first kappa shape index (κ1) is 16.4. The van der Waals surface area contributed by atoms with Gasteiger partial charge in [-0.25, -0.2) is 13.2 Å². The molecule has 1 aromatic rings. The van der Waals surface area contributed by atoms with Crippen molar-refractivity contribution in [1.82, 2.24) is 4.90 Å². The summed E-state index contributed by atoms with van der Waals surface area (Å²) in [7, 11) is -1.45. The van der Waals surface area contributed by atoms with E-state index in [4.69, 9.17) is 11.6 Å². The lowest BCUT2D eigenvalue weighted by Crippen LogP contribution is -2.57. The maximum atomic E-state index is 12.5. The van der Waals surface area contributed by atoms with E-state index in [1.807, 2.05) is 0 Å². The average molecular weight is 345 g/mol. The summed E-state index contributed by atoms with van der Waals surface area (Å²) < 4.78 is 28.5. The zero-order chi connectivity index (χ0) is 16.7. The number of halogens is 1. The van der Waals surface area contributed by atoms with E-state index in [0.717, 1.165) is 9.48 Å². The highest BCUT2D eigenvalue weighted by Gasteiger charge is 2.50. The molecule has 1 aromatic carbocycles. The van der Waals surface area contributed by atoms with Gasteiger partial charge in [0.2, 0.25) is 5.25 Å². The molecule has 0 radical (unpaired) electrons. The lowest BCUT2D eigenvalue weighted by molar-refractivity contribution is -0.405. The molecule has 1 heterocycles. The topological polar surface area (TPSA) is 86.6 Å². The monoisotopic (exact) mass is 344 g/mol. The van der Waals surface area contributed by atoms with Crippen LogP contribution in [0.1, 0.15) is 6.92 Å². The third-order valence-electron chi connectivity index (χ3n) is 3.47. The molecule has 1 aliphatic rings. The number of hydrogen-bond donors (Lipinski definition) is 1. The van der Waals surface area contributed by atoms with Crippen LogP contribution in [0.5, 0.6) is 0 Å². The third-order valence-corrected chi connectivity index (χ3v) is 5.47. The van der Waals surface area contributed by atoms with E-state index in [-0.39, 0.29) is 16.4 Å². The smallest absolute Gasteiger partial charge is 0.281 e. The fraction of sp³-hybridized carbons (Fsp3) is 0.308. The van der Waals surface area contributed by atoms with Crippen LogP contribution in [0.15, 0.2) is 24.3 Å². The van der Waals surface area contributed by atoms with E-state index in [9.17, 15) is 18.0 Å². The number of rotatable bonds is 3. The van der Waals surface area contributed by atoms with E-state index in [0.29, 0.717) is 0 Å². The molecule has 22 heavy (non-hydrogen) atoms. The van der Waals surface area contributed by atoms with Crippen LogP contribution < -0.4 is 4.72 Å². The van der Waals surface area contributed by atoms with E-state index in [1.54, 1.807) is 12.1 Å². The predicted octanol–water partition coefficient (Wildman–Crippen LogP) is 1.15. The van der Waals surface area contributed by atoms with E-state index < -0.39 is 27.2 Å². The number of anilines is 1. The lowest BCUT2D eigenvalue weighted by Gasteiger charge is -2.23. The second-order valence-electron chi connectivity index (χ2n) is 4.89. The minimum Gasteiger partial charge on any atom is -0.281 e. The number of amides is 3. The molecule has 118 valence electrons. The molecule has 0 spiro atoms. The van der Waals surface area contributed by atoms with Crippen molar-refractivity contribution >= 4 is 45.0 Å². The van der Waals surface area contributed by atoms with Crippen LogP contribution in [0.2, 0.25) is 5.02 Å². The van der Waals surface area contributed by atoms with Crippen molar-refractivity contribution in [3.63, 3.8) is 0 Å². The van der Waals surface area contributed by atoms with Crippen LogP contribution in [0, 0.1) is 0 Å². The van der Waals surface area contributed by atoms with Gasteiger partial charge in [-0.15, -0.1) is 0 Å². The fourth-order valence-corrected chi connectivity index (χ4v) is 3.99. The van der Waals surface area contributed by atoms with E-state index in [2.05, 4.69) is 4.72 Å². The highest BCUT2D eigenvalue weighted by Crippen LogP contribution is 2.24. The summed E-state index contributed by atoms with van der Waals surface area (Å²) >= 11 is 5.93. The molecule has 3 amide bonds. The van der Waals surface area contributed by atoms with Gasteiger partial charge < -0.3 is 0 Å². The first-order valence-electron chi connectivity index (χ1n) is 6.31. The summed E-state index contributed by atoms with van der Waals surface area (Å²) in [5.41, 5.74) is 0.305. The highest BCUT2D eigenvalue weighted by atomic mass is 35.5. The van der Waals surface area contributed by atoms with E-state index >= 15 is 0 Å². The quantitative estimate of drug-likeness (QED) is 0.833. The summed E-state index contributed by atoms with van der Waals surface area (Å²) in [6.07, 6.45) is 0. The number of sulfonamides is 1. The molecule has 1 N–H and O–H groups in total. The first-order chi connectivity index (χ1) is 10.2. The standard InChI is InChI=1S/C13H15ClN3O4S/c1-8-11(12(18)17(3)13(19)16(8)2)22(20,21)15-10-7-5-4-6-9(10)14/h4-7,11,15H,1-3H3/q+1. The number of benzene rings is 1. The molecule has 0 aliphatic carbocycles. The number of nitrogens with zero attached hydrogens (tertiary/aromatic N) is 2. The Hall–Kier alpha value is -1.93. The Kier molecular flexibility index (Phi) is 4.25. The first-order valence-corrected chi connectivity index (χ1v) is 8.24. The Morgan fingerprint density at radius 3 is 2.45 bits per heavy atom. The molecule has 1 unspecified atom stereocenters. The number of urea groups is 1. The van der Waals surface area contributed by atoms with Gasteiger partial charge in [0.25, 0.3) is 10.0 Å². The average Bonchev–Trinajstić information content (AvgIpc) is 2.45. The normalized spacial score (nSPS) is 19.6. The minimum absolute atomic E-state index is 0.132. The van der Waals surface area contributed by atoms with Crippen LogP contribution in [0.4, 0.5) is 10.5 Å². The van der Waals surface area contributed by atoms with Gasteiger partial charge in [0.05, 0.1) is 24.8 Å². The number of nitrogens with one attached hydrogen (secondary N) is 1. The molecule has 0 saturated heterocycles. The van der Waals surface area contributed by atoms with Gasteiger partial charge >= 0.3 is 11.9 Å². The maximum Gasteiger partial charge on any atom is 0.500 e. The summed E-state index contributed by atoms with van der Waals surface area (Å²) in [4.78, 5) is 24.8. The van der Waals surface area contributed by atoms with Gasteiger partial charge in [-0.3, -0.25) is 4.72 Å². The van der Waals surface area contributed by atoms with Crippen molar-refractivity contribution in [3.05, 3.63) is 29.3 Å². The minimum atomic E-state index is -4.10. The van der Waals surface area contributed by atoms with Gasteiger partial charge in [0.15, 0.2) is 0 Å². The Labute approximate surface area is 133 Å². The van der Waals surface area contributed by atoms with Crippen LogP contribution in [0.25, 0.3) is 0 Å². The Morgan fingerprint density at radius 2 is 1.86 bits per heavy atom. The van der Waals surface area contributed by atoms with Crippen molar-refractivity contribution in [3.8, 4) is 0 Å². The second kappa shape index (κ2) is 5.69. The number of hydrogen-bond acceptors (Lipinski definition) is 4. The Morgan fingerprint density at radius 1 is 1.27 bits per heavy atom. The van der Waals surface area contributed by atoms with Crippen LogP contribution in [-0.2, 0) is 14.8 Å². The SMILES string of the molecule is CC1=[N+](C)C(=O)N(C)C(=O)C1S(=O)(=O)Nc1ccccc1Cl. The second-order valence-corrected chi connectivity index (χ2v) is 7.06. The maximum absolute atomic E-state index is 12.5. The van der Waals surface area contributed by atoms with Gasteiger partial charge in [0, 0.05) is 0 Å². The molecule has 9 heteroatoms. The van der Waals surface area contributed by atoms with Crippen molar-refractivity contribution in [2.24, 2.45) is 0 Å². The molecular formula is C13H15ClN3O4S+. The van der Waals surface area contributed by atoms with Crippen molar-refractivity contribution in [2.75, 3.05) is 18.8 Å². The third kappa shape index (κ3) is 2.71. The molecule has 1 atom stereocenters. The van der Waals surface area contributed by atoms with Gasteiger partial charge in [0.1, 0.15) is 5.71 Å². The van der Waals surface area contributed by atoms with Crippen molar-refractivity contribution in [2.45, 2.75) is 12.2 Å². The van der Waals surface area contributed by atoms with Crippen molar-refractivity contribution in [1.29, 1.82) is 0 Å². The summed E-state index contributed by atoms with van der Waals surface area (Å²) in [5, 5.41) is -1.28. The molecule has 7 nitrogen and oxygen atoms in total. The van der Waals surface area contributed by atoms with Crippen LogP contribution in [0.3, 0.4) is 0 Å². The number of carbonyl (C=O) groups excluding carboxylic acids is 2. The Balaban J connectivity index is 2.47. The summed E-state index contributed by atoms with van der Waals surface area (Å²) in [6.45, 7) is 1.43. The fourth-order valence-electron chi connectivity index (χ4n) is 2.11. The summed E-state index contributed by atoms with van der Waals surface area (Å²) in [6, 6.07) is 5.71. The largest absolute Gasteiger partial charge is 0.500 e. The lowest BCUT2D eigenvalue weighted by atomic mass is 10.2. The van der Waals surface area contributed by atoms with E-state index in [1.165, 1.54) is 33.2 Å². The Bertz CT molecular complexity index is 788. The zero-order valence-electron chi connectivity index (χ0n) is 12.2. The molecule has 0 fully saturated rings. The molecule has 2 rings (SSSR count). The number of imide groups is 1. The zero-order valence-corrected chi connectivity index (χ0v) is 13.8. The number of carbonyl (C=O) groups is 2. The number of para-hydroxylation sites is 1. The summed E-state index contributed by atoms with van der Waals surface area (Å²) in [5.74, 6) is -0.805. The van der Waals surface area contributed by atoms with Gasteiger partial charge in [-0.1, -0.05) is 23.7 Å². The predicted molar refractivity (Wildman–Crippen MR) is 82.8 cm³/mol. The van der Waals surface area contributed by atoms with Crippen LogP contribution >= 0.6 is 11.6 Å². The molecule has 1 aliphatic heterocycles. The van der Waals surface area contributed by atoms with Crippen LogP contribution in [-0.4, -0.2) is 54.9 Å². The van der Waals surface area contributed by atoms with Gasteiger partial charge in [-0.05, 0) is 19.1 Å². The van der Waals surface area contributed by atoms with Crippen molar-refractivity contribution < 1.29 is 22.6 Å². The molecule has 0 bridgehead atoms. The highest BCUT2D eigenvalue weighted by molar-refractivity contribution is 7.94. The van der Waals surface area contributed by atoms with Gasteiger partial charge in [-0.2, -0.15) is 14.3 Å².